The van der Waals surface area contributed by atoms with Gasteiger partial charge in [-0.2, -0.15) is 5.10 Å². The fourth-order valence-corrected chi connectivity index (χ4v) is 3.19. The predicted octanol–water partition coefficient (Wildman–Crippen LogP) is 1.74. The summed E-state index contributed by atoms with van der Waals surface area (Å²) in [6.45, 7) is 0.748. The Balaban J connectivity index is 2.00. The topological polar surface area (TPSA) is 90.0 Å². The highest BCUT2D eigenvalue weighted by Crippen LogP contribution is 2.25. The molecule has 0 unspecified atom stereocenters. The molecule has 0 fully saturated rings. The zero-order chi connectivity index (χ0) is 15.5. The number of rotatable bonds is 6. The molecule has 1 aromatic carbocycles. The second-order valence-corrected chi connectivity index (χ2v) is 6.91. The minimum atomic E-state index is -3.93. The Hall–Kier alpha value is -1.45. The van der Waals surface area contributed by atoms with Crippen LogP contribution in [0.3, 0.4) is 0 Å². The molecule has 0 spiro atoms. The predicted molar refractivity (Wildman–Crippen MR) is 80.5 cm³/mol. The fraction of sp³-hybridized carbons (Fsp3) is 0.250. The maximum Gasteiger partial charge on any atom is 0.243 e. The number of nitrogen functional groups attached to an aromatic ring is 1. The van der Waals surface area contributed by atoms with Gasteiger partial charge in [0.05, 0.1) is 0 Å². The largest absolute Gasteiger partial charge is 0.398 e. The molecule has 0 aliphatic rings. The first-order valence-corrected chi connectivity index (χ1v) is 8.39. The van der Waals surface area contributed by atoms with E-state index in [0.29, 0.717) is 17.4 Å². The Morgan fingerprint density at radius 1 is 1.43 bits per heavy atom. The first-order chi connectivity index (χ1) is 9.90. The van der Waals surface area contributed by atoms with Gasteiger partial charge in [-0.05, 0) is 40.5 Å². The SMILES string of the molecule is Nc1cc(S(=O)(=O)NCCCn2cccn2)c(F)cc1Br. The minimum absolute atomic E-state index is 0.160. The van der Waals surface area contributed by atoms with Gasteiger partial charge in [-0.3, -0.25) is 4.68 Å². The Morgan fingerprint density at radius 2 is 2.19 bits per heavy atom. The summed E-state index contributed by atoms with van der Waals surface area (Å²) in [5.74, 6) is -0.851. The van der Waals surface area contributed by atoms with Crippen LogP contribution in [0.1, 0.15) is 6.42 Å². The third kappa shape index (κ3) is 4.02. The van der Waals surface area contributed by atoms with E-state index in [1.807, 2.05) is 0 Å². The molecular weight excluding hydrogens is 363 g/mol. The molecule has 6 nitrogen and oxygen atoms in total. The number of benzene rings is 1. The zero-order valence-electron chi connectivity index (χ0n) is 11.0. The molecule has 0 amide bonds. The van der Waals surface area contributed by atoms with E-state index in [-0.39, 0.29) is 12.2 Å². The van der Waals surface area contributed by atoms with Gasteiger partial charge >= 0.3 is 0 Å². The lowest BCUT2D eigenvalue weighted by Crippen LogP contribution is -2.26. The number of hydrogen-bond donors (Lipinski definition) is 2. The van der Waals surface area contributed by atoms with Gasteiger partial charge in [0, 0.05) is 35.6 Å². The summed E-state index contributed by atoms with van der Waals surface area (Å²) in [5, 5.41) is 4.00. The van der Waals surface area contributed by atoms with Crippen LogP contribution in [0.25, 0.3) is 0 Å². The molecule has 114 valence electrons. The Labute approximate surface area is 130 Å². The number of sulfonamides is 1. The van der Waals surface area contributed by atoms with Crippen LogP contribution in [0.15, 0.2) is 40.0 Å². The van der Waals surface area contributed by atoms with E-state index in [9.17, 15) is 12.8 Å². The zero-order valence-corrected chi connectivity index (χ0v) is 13.4. The highest BCUT2D eigenvalue weighted by molar-refractivity contribution is 9.10. The molecule has 0 bridgehead atoms. The van der Waals surface area contributed by atoms with Crippen LogP contribution in [-0.2, 0) is 16.6 Å². The Morgan fingerprint density at radius 3 is 2.86 bits per heavy atom. The van der Waals surface area contributed by atoms with Gasteiger partial charge in [-0.25, -0.2) is 17.5 Å². The third-order valence-corrected chi connectivity index (χ3v) is 4.92. The van der Waals surface area contributed by atoms with Gasteiger partial charge in [-0.1, -0.05) is 0 Å². The van der Waals surface area contributed by atoms with E-state index in [4.69, 9.17) is 5.73 Å². The standard InChI is InChI=1S/C12H14BrFN4O2S/c13-9-7-10(14)12(8-11(9)15)21(19,20)17-4-2-6-18-5-1-3-16-18/h1,3,5,7-8,17H,2,4,6,15H2. The van der Waals surface area contributed by atoms with Gasteiger partial charge in [0.25, 0.3) is 0 Å². The molecule has 1 aromatic heterocycles. The van der Waals surface area contributed by atoms with Crippen LogP contribution >= 0.6 is 15.9 Å². The number of halogens is 2. The molecular formula is C12H14BrFN4O2S. The van der Waals surface area contributed by atoms with E-state index < -0.39 is 20.7 Å². The van der Waals surface area contributed by atoms with Crippen molar-refractivity contribution in [2.45, 2.75) is 17.9 Å². The molecule has 3 N–H and O–H groups in total. The van der Waals surface area contributed by atoms with Crippen molar-refractivity contribution in [3.05, 3.63) is 40.9 Å². The summed E-state index contributed by atoms with van der Waals surface area (Å²) >= 11 is 3.04. The number of nitrogens with zero attached hydrogens (tertiary/aromatic N) is 2. The van der Waals surface area contributed by atoms with Crippen LogP contribution < -0.4 is 10.5 Å². The van der Waals surface area contributed by atoms with E-state index in [2.05, 4.69) is 25.8 Å². The highest BCUT2D eigenvalue weighted by atomic mass is 79.9. The average molecular weight is 377 g/mol. The molecule has 0 saturated carbocycles. The summed E-state index contributed by atoms with van der Waals surface area (Å²) in [5.41, 5.74) is 5.75. The summed E-state index contributed by atoms with van der Waals surface area (Å²) < 4.78 is 42.2. The quantitative estimate of drug-likeness (QED) is 0.593. The normalized spacial score (nSPS) is 11.7. The fourth-order valence-electron chi connectivity index (χ4n) is 1.71. The molecule has 1 heterocycles. The molecule has 0 atom stereocenters. The van der Waals surface area contributed by atoms with Crippen molar-refractivity contribution in [3.8, 4) is 0 Å². The molecule has 0 aliphatic heterocycles. The Kier molecular flexibility index (Phi) is 4.96. The number of aryl methyl sites for hydroxylation is 1. The van der Waals surface area contributed by atoms with Crippen molar-refractivity contribution in [2.75, 3.05) is 12.3 Å². The van der Waals surface area contributed by atoms with Crippen molar-refractivity contribution < 1.29 is 12.8 Å². The first kappa shape index (κ1) is 15.9. The van der Waals surface area contributed by atoms with Crippen molar-refractivity contribution >= 4 is 31.6 Å². The van der Waals surface area contributed by atoms with Gasteiger partial charge in [0.2, 0.25) is 10.0 Å². The number of nitrogens with one attached hydrogen (secondary N) is 1. The van der Waals surface area contributed by atoms with Gasteiger partial charge < -0.3 is 5.73 Å². The highest BCUT2D eigenvalue weighted by Gasteiger charge is 2.20. The van der Waals surface area contributed by atoms with E-state index in [0.717, 1.165) is 12.1 Å². The molecule has 2 aromatic rings. The Bertz CT molecular complexity index is 719. The summed E-state index contributed by atoms with van der Waals surface area (Å²) in [6, 6.07) is 3.91. The van der Waals surface area contributed by atoms with E-state index in [1.54, 1.807) is 23.1 Å². The first-order valence-electron chi connectivity index (χ1n) is 6.12. The van der Waals surface area contributed by atoms with Gasteiger partial charge in [0.1, 0.15) is 10.7 Å². The summed E-state index contributed by atoms with van der Waals surface area (Å²) in [6.07, 6.45) is 3.96. The maximum absolute atomic E-state index is 13.7. The second kappa shape index (κ2) is 6.54. The van der Waals surface area contributed by atoms with Crippen LogP contribution in [0.2, 0.25) is 0 Å². The number of aromatic nitrogens is 2. The molecule has 21 heavy (non-hydrogen) atoms. The lowest BCUT2D eigenvalue weighted by Gasteiger charge is -2.09. The van der Waals surface area contributed by atoms with E-state index in [1.165, 1.54) is 0 Å². The van der Waals surface area contributed by atoms with Crippen LogP contribution in [0, 0.1) is 5.82 Å². The maximum atomic E-state index is 13.7. The second-order valence-electron chi connectivity index (χ2n) is 4.32. The van der Waals surface area contributed by atoms with Crippen LogP contribution in [0.5, 0.6) is 0 Å². The lowest BCUT2D eigenvalue weighted by atomic mass is 10.3. The minimum Gasteiger partial charge on any atom is -0.398 e. The van der Waals surface area contributed by atoms with Crippen molar-refractivity contribution in [3.63, 3.8) is 0 Å². The molecule has 2 rings (SSSR count). The van der Waals surface area contributed by atoms with Crippen molar-refractivity contribution in [2.24, 2.45) is 0 Å². The monoisotopic (exact) mass is 376 g/mol. The molecule has 9 heteroatoms. The van der Waals surface area contributed by atoms with E-state index >= 15 is 0 Å². The number of nitrogens with two attached hydrogens (primary N) is 1. The van der Waals surface area contributed by atoms with Gasteiger partial charge in [-0.15, -0.1) is 0 Å². The lowest BCUT2D eigenvalue weighted by molar-refractivity contribution is 0.541. The average Bonchev–Trinajstić information content (AvgIpc) is 2.92. The smallest absolute Gasteiger partial charge is 0.243 e. The number of anilines is 1. The van der Waals surface area contributed by atoms with Crippen LogP contribution in [0.4, 0.5) is 10.1 Å². The summed E-state index contributed by atoms with van der Waals surface area (Å²) in [7, 11) is -3.93. The van der Waals surface area contributed by atoms with Crippen molar-refractivity contribution in [1.29, 1.82) is 0 Å². The molecule has 0 radical (unpaired) electrons. The van der Waals surface area contributed by atoms with Gasteiger partial charge in [0.15, 0.2) is 0 Å². The molecule has 0 aliphatic carbocycles. The number of hydrogen-bond acceptors (Lipinski definition) is 4. The van der Waals surface area contributed by atoms with Crippen LogP contribution in [-0.4, -0.2) is 24.7 Å². The third-order valence-electron chi connectivity index (χ3n) is 2.76. The molecule has 0 saturated heterocycles. The summed E-state index contributed by atoms with van der Waals surface area (Å²) in [4.78, 5) is -0.456. The van der Waals surface area contributed by atoms with Crippen molar-refractivity contribution in [1.82, 2.24) is 14.5 Å².